The molecule has 0 N–H and O–H groups in total. The first kappa shape index (κ1) is 29.4. The van der Waals surface area contributed by atoms with Crippen LogP contribution in [0.5, 0.6) is 0 Å². The predicted molar refractivity (Wildman–Crippen MR) is 47.4 cm³/mol. The minimum Gasteiger partial charge on any atom is -0.356 e. The van der Waals surface area contributed by atoms with E-state index in [0.717, 1.165) is 0 Å². The van der Waals surface area contributed by atoms with E-state index in [4.69, 9.17) is 46.0 Å². The Morgan fingerprint density at radius 1 is 0.706 bits per heavy atom. The zero-order valence-electron chi connectivity index (χ0n) is 8.28. The molecule has 0 saturated carbocycles. The molecule has 101 valence electrons. The molecule has 0 bridgehead atoms. The van der Waals surface area contributed by atoms with Crippen LogP contribution >= 0.6 is 0 Å². The van der Waals surface area contributed by atoms with Gasteiger partial charge < -0.3 is 50.8 Å². The third-order valence-electron chi connectivity index (χ3n) is 0. The van der Waals surface area contributed by atoms with Crippen molar-refractivity contribution in [2.24, 2.45) is 0 Å². The van der Waals surface area contributed by atoms with Gasteiger partial charge in [0.25, 0.3) is 0 Å². The first-order valence-electron chi connectivity index (χ1n) is 2.85. The number of ketones is 1. The summed E-state index contributed by atoms with van der Waals surface area (Å²) in [5.41, 5.74) is 0. The Labute approximate surface area is 106 Å². The van der Waals surface area contributed by atoms with Crippen molar-refractivity contribution in [2.45, 2.75) is 13.8 Å². The summed E-state index contributed by atoms with van der Waals surface area (Å²) in [6.07, 6.45) is 0. The van der Waals surface area contributed by atoms with Gasteiger partial charge >= 0.3 is 19.5 Å². The summed E-state index contributed by atoms with van der Waals surface area (Å²) >= 11 is 0. The molecule has 0 heterocycles. The molecule has 0 aliphatic heterocycles. The molecule has 0 aliphatic carbocycles. The van der Waals surface area contributed by atoms with Gasteiger partial charge in [0.05, 0.1) is 15.3 Å². The second-order valence-electron chi connectivity index (χ2n) is 1.58. The molecule has 0 spiro atoms. The molecule has 0 aromatic rings. The van der Waals surface area contributed by atoms with Crippen LogP contribution in [0.25, 0.3) is 0 Å². The third-order valence-corrected chi connectivity index (χ3v) is 0. The number of Topliss-reactive ketones (excluding diaryl/α,β-unsaturated/α-hetero) is 1. The van der Waals surface area contributed by atoms with Gasteiger partial charge in [-0.15, -0.1) is 0 Å². The Morgan fingerprint density at radius 2 is 0.706 bits per heavy atom. The fourth-order valence-electron chi connectivity index (χ4n) is 0. The van der Waals surface area contributed by atoms with Crippen LogP contribution in [0, 0.1) is 46.0 Å². The predicted octanol–water partition coefficient (Wildman–Crippen LogP) is -0.125. The van der Waals surface area contributed by atoms with E-state index in [-0.39, 0.29) is 25.3 Å². The van der Waals surface area contributed by atoms with Crippen LogP contribution in [-0.2, 0) is 24.3 Å². The Morgan fingerprint density at radius 3 is 0.706 bits per heavy atom. The fraction of sp³-hybridized carbons (Fsp3) is 0.667. The second kappa shape index (κ2) is 23.6. The summed E-state index contributed by atoms with van der Waals surface area (Å²) in [6, 6.07) is 0. The maximum absolute atomic E-state index is 9.44. The molecule has 0 amide bonds. The van der Waals surface area contributed by atoms with Crippen LogP contribution < -0.4 is 0 Å². The van der Waals surface area contributed by atoms with Crippen molar-refractivity contribution in [1.82, 2.24) is 0 Å². The van der Waals surface area contributed by atoms with Crippen molar-refractivity contribution in [1.29, 1.82) is 0 Å². The normalized spacial score (nSPS) is 5.76. The minimum absolute atomic E-state index is 0. The van der Waals surface area contributed by atoms with Crippen molar-refractivity contribution in [3.8, 4) is 0 Å². The fourth-order valence-corrected chi connectivity index (χ4v) is 0. The molecule has 1 radical (unpaired) electrons. The average molecular weight is 345 g/mol. The molecule has 0 rings (SSSR count). The Bertz CT molecular complexity index is 167. The molecular weight excluding hydrogens is 339 g/mol. The summed E-state index contributed by atoms with van der Waals surface area (Å²) in [6.45, 7) is 3.06. The third kappa shape index (κ3) is 443. The molecule has 0 atom stereocenters. The molecule has 0 fully saturated rings. The number of carbonyl (C=O) groups excluding carboxylic acids is 1. The van der Waals surface area contributed by atoms with Gasteiger partial charge in [0.2, 0.25) is 0 Å². The number of rotatable bonds is 0. The first-order chi connectivity index (χ1) is 6.93. The molecule has 0 saturated heterocycles. The van der Waals surface area contributed by atoms with Gasteiger partial charge in [0.15, 0.2) is 0 Å². The average Bonchev–Trinajstić information content (AvgIpc) is 1.76. The Kier molecular flexibility index (Phi) is 40.8. The van der Waals surface area contributed by atoms with Crippen molar-refractivity contribution >= 4 is 5.78 Å². The zero-order chi connectivity index (χ0) is 14.3. The molecule has 0 aromatic heterocycles. The summed E-state index contributed by atoms with van der Waals surface area (Å²) in [5.74, 6) is 0.167. The van der Waals surface area contributed by atoms with Crippen LogP contribution in [0.1, 0.15) is 13.8 Å². The van der Waals surface area contributed by atoms with E-state index < -0.39 is 15.3 Å². The van der Waals surface area contributed by atoms with Crippen LogP contribution in [-0.4, -0.2) is 21.0 Å². The van der Waals surface area contributed by atoms with E-state index in [9.17, 15) is 4.79 Å². The molecule has 14 heteroatoms. The van der Waals surface area contributed by atoms with Crippen LogP contribution in [0.4, 0.5) is 0 Å². The largest absolute Gasteiger partial charge is 3.00 e. The Hall–Kier alpha value is -2.11. The minimum atomic E-state index is -1.75. The number of hydrogen-bond acceptors (Lipinski definition) is 10. The van der Waals surface area contributed by atoms with Crippen LogP contribution in [0.3, 0.4) is 0 Å². The van der Waals surface area contributed by atoms with Gasteiger partial charge in [-0.1, -0.05) is 0 Å². The number of carbonyl (C=O) groups is 1. The Balaban J connectivity index is -0.0000000369. The van der Waals surface area contributed by atoms with E-state index in [2.05, 4.69) is 0 Å². The second-order valence-corrected chi connectivity index (χ2v) is 1.58. The van der Waals surface area contributed by atoms with E-state index in [1.165, 1.54) is 13.8 Å². The number of nitrogens with zero attached hydrogens (tertiary/aromatic N) is 3. The SMILES string of the molecule is CC(C)=O.O=[N+]([O-])[O-].O=[N+]([O-])[O-].O=[N+]([O-])[O-].[Ru+3]. The monoisotopic (exact) mass is 346 g/mol. The molecular formula is C3H6N3O10Ru. The van der Waals surface area contributed by atoms with E-state index >= 15 is 0 Å². The smallest absolute Gasteiger partial charge is 0.356 e. The molecule has 0 unspecified atom stereocenters. The molecule has 13 nitrogen and oxygen atoms in total. The van der Waals surface area contributed by atoms with Gasteiger partial charge in [-0.2, -0.15) is 0 Å². The summed E-state index contributed by atoms with van der Waals surface area (Å²) in [7, 11) is 0. The van der Waals surface area contributed by atoms with Crippen molar-refractivity contribution in [2.75, 3.05) is 0 Å². The summed E-state index contributed by atoms with van der Waals surface area (Å²) < 4.78 is 0. The van der Waals surface area contributed by atoms with Gasteiger partial charge in [-0.05, 0) is 13.8 Å². The van der Waals surface area contributed by atoms with Crippen molar-refractivity contribution in [3.63, 3.8) is 0 Å². The van der Waals surface area contributed by atoms with Gasteiger partial charge in [-0.3, -0.25) is 0 Å². The summed E-state index contributed by atoms with van der Waals surface area (Å²) in [4.78, 5) is 34.2. The van der Waals surface area contributed by atoms with Gasteiger partial charge in [0.1, 0.15) is 5.78 Å². The quantitative estimate of drug-likeness (QED) is 0.322. The molecule has 0 aromatic carbocycles. The number of hydrogen-bond donors (Lipinski definition) is 0. The topological polar surface area (TPSA) is 216 Å². The van der Waals surface area contributed by atoms with Crippen LogP contribution in [0.15, 0.2) is 0 Å². The van der Waals surface area contributed by atoms with Crippen molar-refractivity contribution < 1.29 is 39.5 Å². The van der Waals surface area contributed by atoms with Gasteiger partial charge in [0, 0.05) is 0 Å². The first-order valence-corrected chi connectivity index (χ1v) is 2.85. The maximum atomic E-state index is 9.44. The van der Waals surface area contributed by atoms with E-state index in [1.54, 1.807) is 0 Å². The standard InChI is InChI=1S/C3H6O.3NO3.Ru/c1-3(2)4;3*2-1(3)4;/h1-2H3;;;;/q;3*-1;+3. The summed E-state index contributed by atoms with van der Waals surface area (Å²) in [5, 5.41) is 44.2. The van der Waals surface area contributed by atoms with Crippen LogP contribution in [0.2, 0.25) is 0 Å². The molecule has 17 heavy (non-hydrogen) atoms. The van der Waals surface area contributed by atoms with Crippen molar-refractivity contribution in [3.05, 3.63) is 46.0 Å². The maximum Gasteiger partial charge on any atom is 3.00 e. The molecule has 0 aliphatic rings. The zero-order valence-corrected chi connectivity index (χ0v) is 10.0. The van der Waals surface area contributed by atoms with E-state index in [1.807, 2.05) is 0 Å². The van der Waals surface area contributed by atoms with Gasteiger partial charge in [-0.25, -0.2) is 0 Å². The van der Waals surface area contributed by atoms with E-state index in [0.29, 0.717) is 0 Å².